The number of rotatable bonds is 4. The van der Waals surface area contributed by atoms with E-state index in [2.05, 4.69) is 32.0 Å². The zero-order valence-electron chi connectivity index (χ0n) is 13.9. The molecular formula is C19H20ClN5. The molecular weight excluding hydrogens is 334 g/mol. The van der Waals surface area contributed by atoms with Crippen molar-refractivity contribution < 1.29 is 0 Å². The van der Waals surface area contributed by atoms with Crippen LogP contribution in [0.4, 0.5) is 5.69 Å². The second-order valence-electron chi connectivity index (χ2n) is 6.18. The fourth-order valence-electron chi connectivity index (χ4n) is 3.21. The van der Waals surface area contributed by atoms with Crippen LogP contribution in [0.1, 0.15) is 0 Å². The van der Waals surface area contributed by atoms with Crippen LogP contribution in [0.5, 0.6) is 0 Å². The molecule has 0 unspecified atom stereocenters. The van der Waals surface area contributed by atoms with Gasteiger partial charge in [-0.25, -0.2) is 0 Å². The van der Waals surface area contributed by atoms with Gasteiger partial charge in [-0.2, -0.15) is 5.10 Å². The van der Waals surface area contributed by atoms with E-state index in [1.807, 2.05) is 47.4 Å². The van der Waals surface area contributed by atoms with Gasteiger partial charge in [0.05, 0.1) is 12.4 Å². The van der Waals surface area contributed by atoms with Crippen LogP contribution in [0.2, 0.25) is 5.02 Å². The monoisotopic (exact) mass is 353 g/mol. The van der Waals surface area contributed by atoms with Gasteiger partial charge in [0.25, 0.3) is 0 Å². The maximum absolute atomic E-state index is 6.11. The molecule has 1 fully saturated rings. The average molecular weight is 354 g/mol. The van der Waals surface area contributed by atoms with Crippen molar-refractivity contribution in [2.45, 2.75) is 6.67 Å². The smallest absolute Gasteiger partial charge is 0.0937 e. The van der Waals surface area contributed by atoms with Crippen molar-refractivity contribution in [2.24, 2.45) is 0 Å². The van der Waals surface area contributed by atoms with Crippen molar-refractivity contribution >= 4 is 17.3 Å². The van der Waals surface area contributed by atoms with Crippen LogP contribution >= 0.6 is 11.6 Å². The normalized spacial score (nSPS) is 15.5. The molecule has 0 radical (unpaired) electrons. The fourth-order valence-corrected chi connectivity index (χ4v) is 3.40. The molecule has 1 saturated heterocycles. The Morgan fingerprint density at radius 3 is 2.60 bits per heavy atom. The van der Waals surface area contributed by atoms with Crippen molar-refractivity contribution in [3.8, 4) is 11.3 Å². The number of aromatic nitrogens is 3. The Morgan fingerprint density at radius 2 is 1.84 bits per heavy atom. The Labute approximate surface area is 152 Å². The van der Waals surface area contributed by atoms with E-state index < -0.39 is 0 Å². The summed E-state index contributed by atoms with van der Waals surface area (Å²) in [5, 5.41) is 5.28. The molecule has 5 nitrogen and oxygen atoms in total. The molecule has 4 rings (SSSR count). The molecule has 6 heteroatoms. The molecule has 25 heavy (non-hydrogen) atoms. The standard InChI is InChI=1S/C19H20ClN5/c20-17-4-1-5-18(13-17)24-11-9-23(10-12-24)15-25-19(6-8-22-25)16-3-2-7-21-14-16/h1-8,13-14H,9-12,15H2. The first-order chi connectivity index (χ1) is 12.3. The molecule has 1 aliphatic heterocycles. The van der Waals surface area contributed by atoms with Gasteiger partial charge in [0.2, 0.25) is 0 Å². The van der Waals surface area contributed by atoms with E-state index in [-0.39, 0.29) is 0 Å². The summed E-state index contributed by atoms with van der Waals surface area (Å²) >= 11 is 6.11. The molecule has 3 aromatic rings. The zero-order chi connectivity index (χ0) is 17.1. The van der Waals surface area contributed by atoms with Crippen LogP contribution in [-0.2, 0) is 6.67 Å². The minimum atomic E-state index is 0.789. The molecule has 128 valence electrons. The van der Waals surface area contributed by atoms with Crippen molar-refractivity contribution in [2.75, 3.05) is 31.1 Å². The highest BCUT2D eigenvalue weighted by Gasteiger charge is 2.18. The number of hydrogen-bond acceptors (Lipinski definition) is 4. The number of pyridine rings is 1. The van der Waals surface area contributed by atoms with Crippen LogP contribution in [0.3, 0.4) is 0 Å². The highest BCUT2D eigenvalue weighted by molar-refractivity contribution is 6.30. The Balaban J connectivity index is 1.41. The molecule has 0 N–H and O–H groups in total. The molecule has 0 atom stereocenters. The summed E-state index contributed by atoms with van der Waals surface area (Å²) in [7, 11) is 0. The average Bonchev–Trinajstić information content (AvgIpc) is 3.11. The third-order valence-corrected chi connectivity index (χ3v) is 4.79. The van der Waals surface area contributed by atoms with Gasteiger partial charge in [-0.1, -0.05) is 17.7 Å². The SMILES string of the molecule is Clc1cccc(N2CCN(Cn3nccc3-c3cccnc3)CC2)c1. The lowest BCUT2D eigenvalue weighted by molar-refractivity contribution is 0.197. The van der Waals surface area contributed by atoms with Crippen molar-refractivity contribution in [1.29, 1.82) is 0 Å². The largest absolute Gasteiger partial charge is 0.369 e. The lowest BCUT2D eigenvalue weighted by Gasteiger charge is -2.36. The first-order valence-electron chi connectivity index (χ1n) is 8.45. The van der Waals surface area contributed by atoms with Gasteiger partial charge < -0.3 is 4.90 Å². The Bertz CT molecular complexity index is 825. The lowest BCUT2D eigenvalue weighted by atomic mass is 10.2. The van der Waals surface area contributed by atoms with E-state index in [4.69, 9.17) is 11.6 Å². The van der Waals surface area contributed by atoms with Crippen LogP contribution in [0.15, 0.2) is 61.1 Å². The third kappa shape index (κ3) is 3.67. The van der Waals surface area contributed by atoms with Crippen molar-refractivity contribution in [3.63, 3.8) is 0 Å². The van der Waals surface area contributed by atoms with Gasteiger partial charge in [-0.15, -0.1) is 0 Å². The minimum absolute atomic E-state index is 0.789. The Hall–Kier alpha value is -2.37. The van der Waals surface area contributed by atoms with Gasteiger partial charge in [-0.05, 0) is 36.4 Å². The summed E-state index contributed by atoms with van der Waals surface area (Å²) in [5.41, 5.74) is 3.39. The lowest BCUT2D eigenvalue weighted by Crippen LogP contribution is -2.47. The summed E-state index contributed by atoms with van der Waals surface area (Å²) in [5.74, 6) is 0. The van der Waals surface area contributed by atoms with E-state index in [1.54, 1.807) is 6.20 Å². The second kappa shape index (κ2) is 7.25. The molecule has 1 aromatic carbocycles. The maximum Gasteiger partial charge on any atom is 0.0937 e. The van der Waals surface area contributed by atoms with Crippen LogP contribution in [0.25, 0.3) is 11.3 Å². The predicted octanol–water partition coefficient (Wildman–Crippen LogP) is 3.38. The van der Waals surface area contributed by atoms with Gasteiger partial charge in [-0.3, -0.25) is 14.6 Å². The molecule has 2 aromatic heterocycles. The van der Waals surface area contributed by atoms with E-state index in [1.165, 1.54) is 5.69 Å². The Kier molecular flexibility index (Phi) is 4.68. The number of benzene rings is 1. The van der Waals surface area contributed by atoms with E-state index >= 15 is 0 Å². The Morgan fingerprint density at radius 1 is 0.960 bits per heavy atom. The number of anilines is 1. The quantitative estimate of drug-likeness (QED) is 0.720. The van der Waals surface area contributed by atoms with Crippen molar-refractivity contribution in [3.05, 3.63) is 66.1 Å². The van der Waals surface area contributed by atoms with Gasteiger partial charge >= 0.3 is 0 Å². The van der Waals surface area contributed by atoms with Gasteiger partial charge in [0, 0.05) is 61.0 Å². The fraction of sp³-hybridized carbons (Fsp3) is 0.263. The molecule has 1 aliphatic rings. The van der Waals surface area contributed by atoms with E-state index in [0.717, 1.165) is 49.1 Å². The number of hydrogen-bond donors (Lipinski definition) is 0. The highest BCUT2D eigenvalue weighted by atomic mass is 35.5. The number of halogens is 1. The van der Waals surface area contributed by atoms with Crippen LogP contribution in [-0.4, -0.2) is 45.8 Å². The minimum Gasteiger partial charge on any atom is -0.369 e. The van der Waals surface area contributed by atoms with E-state index in [0.29, 0.717) is 0 Å². The van der Waals surface area contributed by atoms with Crippen LogP contribution in [0, 0.1) is 0 Å². The predicted molar refractivity (Wildman–Crippen MR) is 101 cm³/mol. The summed E-state index contributed by atoms with van der Waals surface area (Å²) in [6, 6.07) is 14.1. The van der Waals surface area contributed by atoms with Gasteiger partial charge in [0.1, 0.15) is 0 Å². The topological polar surface area (TPSA) is 37.2 Å². The second-order valence-corrected chi connectivity index (χ2v) is 6.62. The first-order valence-corrected chi connectivity index (χ1v) is 8.82. The summed E-state index contributed by atoms with van der Waals surface area (Å²) < 4.78 is 2.05. The van der Waals surface area contributed by atoms with Gasteiger partial charge in [0.15, 0.2) is 0 Å². The zero-order valence-corrected chi connectivity index (χ0v) is 14.7. The van der Waals surface area contributed by atoms with Crippen molar-refractivity contribution in [1.82, 2.24) is 19.7 Å². The highest BCUT2D eigenvalue weighted by Crippen LogP contribution is 2.22. The molecule has 0 amide bonds. The molecule has 0 saturated carbocycles. The third-order valence-electron chi connectivity index (χ3n) is 4.55. The summed E-state index contributed by atoms with van der Waals surface area (Å²) in [4.78, 5) is 9.01. The molecule has 0 spiro atoms. The molecule has 0 aliphatic carbocycles. The molecule has 0 bridgehead atoms. The summed E-state index contributed by atoms with van der Waals surface area (Å²) in [6.45, 7) is 4.77. The van der Waals surface area contributed by atoms with Crippen LogP contribution < -0.4 is 4.90 Å². The first kappa shape index (κ1) is 16.1. The van der Waals surface area contributed by atoms with E-state index in [9.17, 15) is 0 Å². The summed E-state index contributed by atoms with van der Waals surface area (Å²) in [6.07, 6.45) is 5.52. The maximum atomic E-state index is 6.11. The molecule has 3 heterocycles. The number of nitrogens with zero attached hydrogens (tertiary/aromatic N) is 5. The number of piperazine rings is 1.